The van der Waals surface area contributed by atoms with Crippen LogP contribution in [0.2, 0.25) is 0 Å². The fourth-order valence-electron chi connectivity index (χ4n) is 3.00. The van der Waals surface area contributed by atoms with Gasteiger partial charge in [0.15, 0.2) is 0 Å². The molecule has 1 amide bonds. The molecule has 2 rings (SSSR count). The summed E-state index contributed by atoms with van der Waals surface area (Å²) >= 11 is 0. The van der Waals surface area contributed by atoms with Gasteiger partial charge in [0.25, 0.3) is 0 Å². The predicted molar refractivity (Wildman–Crippen MR) is 72.2 cm³/mol. The predicted octanol–water partition coefficient (Wildman–Crippen LogP) is 2.37. The first-order chi connectivity index (χ1) is 7.75. The Morgan fingerprint density at radius 3 is 2.18 bits per heavy atom. The number of halogens is 1. The van der Waals surface area contributed by atoms with Gasteiger partial charge in [-0.05, 0) is 32.1 Å². The summed E-state index contributed by atoms with van der Waals surface area (Å²) in [6.07, 6.45) is 10.4. The number of nitrogens with two attached hydrogens (primary N) is 1. The fourth-order valence-corrected chi connectivity index (χ4v) is 3.00. The van der Waals surface area contributed by atoms with Crippen molar-refractivity contribution < 1.29 is 4.79 Å². The minimum absolute atomic E-state index is 0. The van der Waals surface area contributed by atoms with Crippen molar-refractivity contribution in [1.82, 2.24) is 5.32 Å². The lowest BCUT2D eigenvalue weighted by Gasteiger charge is -2.19. The Labute approximate surface area is 110 Å². The largest absolute Gasteiger partial charge is 0.353 e. The van der Waals surface area contributed by atoms with Crippen LogP contribution in [0.25, 0.3) is 0 Å². The minimum Gasteiger partial charge on any atom is -0.353 e. The van der Waals surface area contributed by atoms with Crippen molar-refractivity contribution in [2.24, 2.45) is 11.7 Å². The van der Waals surface area contributed by atoms with Crippen LogP contribution in [0.3, 0.4) is 0 Å². The van der Waals surface area contributed by atoms with Gasteiger partial charge in [0.1, 0.15) is 0 Å². The molecule has 0 aromatic rings. The van der Waals surface area contributed by atoms with Crippen LogP contribution in [0.1, 0.15) is 57.8 Å². The van der Waals surface area contributed by atoms with Crippen molar-refractivity contribution in [3.63, 3.8) is 0 Å². The molecule has 3 N–H and O–H groups in total. The lowest BCUT2D eigenvalue weighted by molar-refractivity contribution is -0.125. The van der Waals surface area contributed by atoms with Gasteiger partial charge in [-0.1, -0.05) is 25.7 Å². The molecule has 2 aliphatic carbocycles. The van der Waals surface area contributed by atoms with Crippen LogP contribution < -0.4 is 11.1 Å². The van der Waals surface area contributed by atoms with Crippen LogP contribution >= 0.6 is 12.4 Å². The van der Waals surface area contributed by atoms with Gasteiger partial charge >= 0.3 is 0 Å². The van der Waals surface area contributed by atoms with Crippen LogP contribution in [0.5, 0.6) is 0 Å². The highest BCUT2D eigenvalue weighted by Gasteiger charge is 2.28. The van der Waals surface area contributed by atoms with Crippen molar-refractivity contribution in [3.8, 4) is 0 Å². The molecule has 2 fully saturated rings. The smallest absolute Gasteiger partial charge is 0.223 e. The third-order valence-electron chi connectivity index (χ3n) is 4.05. The summed E-state index contributed by atoms with van der Waals surface area (Å²) in [4.78, 5) is 12.0. The van der Waals surface area contributed by atoms with Gasteiger partial charge in [0.2, 0.25) is 5.91 Å². The molecule has 0 bridgehead atoms. The normalized spacial score (nSPS) is 30.4. The number of hydrogen-bond donors (Lipinski definition) is 2. The highest BCUT2D eigenvalue weighted by molar-refractivity contribution is 5.85. The van der Waals surface area contributed by atoms with E-state index in [-0.39, 0.29) is 30.3 Å². The van der Waals surface area contributed by atoms with E-state index in [2.05, 4.69) is 5.32 Å². The number of nitrogens with one attached hydrogen (secondary N) is 1. The molecule has 0 radical (unpaired) electrons. The second-order valence-electron chi connectivity index (χ2n) is 5.47. The van der Waals surface area contributed by atoms with Crippen molar-refractivity contribution in [2.75, 3.05) is 0 Å². The Kier molecular flexibility index (Phi) is 6.28. The quantitative estimate of drug-likeness (QED) is 0.749. The Bertz CT molecular complexity index is 240. The number of rotatable bonds is 2. The number of carbonyl (C=O) groups excluding carboxylic acids is 1. The third kappa shape index (κ3) is 4.47. The van der Waals surface area contributed by atoms with Crippen molar-refractivity contribution in [3.05, 3.63) is 0 Å². The number of amides is 1. The van der Waals surface area contributed by atoms with Gasteiger partial charge in [-0.3, -0.25) is 4.79 Å². The molecular weight excluding hydrogens is 236 g/mol. The topological polar surface area (TPSA) is 55.1 Å². The summed E-state index contributed by atoms with van der Waals surface area (Å²) in [5.41, 5.74) is 5.84. The van der Waals surface area contributed by atoms with E-state index in [1.54, 1.807) is 0 Å². The lowest BCUT2D eigenvalue weighted by Crippen LogP contribution is -2.38. The summed E-state index contributed by atoms with van der Waals surface area (Å²) < 4.78 is 0. The van der Waals surface area contributed by atoms with E-state index < -0.39 is 0 Å². The van der Waals surface area contributed by atoms with Gasteiger partial charge in [-0.15, -0.1) is 12.4 Å². The standard InChI is InChI=1S/C13H24N2O.ClH/c14-11-8-7-10(9-11)13(16)15-12-5-3-1-2-4-6-12;/h10-12H,1-9,14H2,(H,15,16);1H. The molecule has 2 aliphatic rings. The highest BCUT2D eigenvalue weighted by atomic mass is 35.5. The second kappa shape index (κ2) is 7.22. The zero-order valence-electron chi connectivity index (χ0n) is 10.5. The van der Waals surface area contributed by atoms with E-state index in [9.17, 15) is 4.79 Å². The SMILES string of the molecule is Cl.NC1CCC(C(=O)NC2CCCCCC2)C1. The second-order valence-corrected chi connectivity index (χ2v) is 5.47. The van der Waals surface area contributed by atoms with Crippen molar-refractivity contribution >= 4 is 18.3 Å². The van der Waals surface area contributed by atoms with E-state index >= 15 is 0 Å². The lowest BCUT2D eigenvalue weighted by atomic mass is 10.0. The molecule has 0 aromatic heterocycles. The summed E-state index contributed by atoms with van der Waals surface area (Å²) in [7, 11) is 0. The third-order valence-corrected chi connectivity index (χ3v) is 4.05. The molecule has 0 aliphatic heterocycles. The van der Waals surface area contributed by atoms with Crippen LogP contribution in [-0.2, 0) is 4.79 Å². The maximum Gasteiger partial charge on any atom is 0.223 e. The Morgan fingerprint density at radius 2 is 1.65 bits per heavy atom. The Hall–Kier alpha value is -0.280. The molecule has 2 atom stereocenters. The molecule has 0 aromatic carbocycles. The molecule has 4 heteroatoms. The van der Waals surface area contributed by atoms with Crippen molar-refractivity contribution in [1.29, 1.82) is 0 Å². The summed E-state index contributed by atoms with van der Waals surface area (Å²) in [6, 6.07) is 0.691. The molecule has 2 saturated carbocycles. The van der Waals surface area contributed by atoms with Gasteiger partial charge < -0.3 is 11.1 Å². The van der Waals surface area contributed by atoms with E-state index in [0.717, 1.165) is 19.3 Å². The van der Waals surface area contributed by atoms with Gasteiger partial charge in [0.05, 0.1) is 0 Å². The minimum atomic E-state index is 0. The number of hydrogen-bond acceptors (Lipinski definition) is 2. The molecule has 2 unspecified atom stereocenters. The van der Waals surface area contributed by atoms with Crippen molar-refractivity contribution in [2.45, 2.75) is 69.9 Å². The molecule has 3 nitrogen and oxygen atoms in total. The van der Waals surface area contributed by atoms with Gasteiger partial charge in [0, 0.05) is 18.0 Å². The zero-order valence-corrected chi connectivity index (χ0v) is 11.3. The molecule has 0 spiro atoms. The zero-order chi connectivity index (χ0) is 11.4. The Balaban J connectivity index is 0.00000144. The maximum atomic E-state index is 12.0. The summed E-state index contributed by atoms with van der Waals surface area (Å²) in [5, 5.41) is 3.23. The van der Waals surface area contributed by atoms with E-state index in [1.165, 1.54) is 38.5 Å². The summed E-state index contributed by atoms with van der Waals surface area (Å²) in [5.74, 6) is 0.457. The first-order valence-electron chi connectivity index (χ1n) is 6.81. The van der Waals surface area contributed by atoms with Crippen LogP contribution in [0, 0.1) is 5.92 Å². The van der Waals surface area contributed by atoms with E-state index in [0.29, 0.717) is 6.04 Å². The van der Waals surface area contributed by atoms with Crippen LogP contribution in [0.4, 0.5) is 0 Å². The Morgan fingerprint density at radius 1 is 1.00 bits per heavy atom. The molecule has 100 valence electrons. The number of carbonyl (C=O) groups is 1. The average Bonchev–Trinajstić information content (AvgIpc) is 2.54. The first kappa shape index (κ1) is 14.8. The maximum absolute atomic E-state index is 12.0. The highest BCUT2D eigenvalue weighted by Crippen LogP contribution is 2.25. The summed E-state index contributed by atoms with van der Waals surface area (Å²) in [6.45, 7) is 0. The molecular formula is C13H25ClN2O. The van der Waals surface area contributed by atoms with Gasteiger partial charge in [-0.2, -0.15) is 0 Å². The molecule has 0 heterocycles. The van der Waals surface area contributed by atoms with E-state index in [4.69, 9.17) is 5.73 Å². The molecule has 0 saturated heterocycles. The van der Waals surface area contributed by atoms with Gasteiger partial charge in [-0.25, -0.2) is 0 Å². The average molecular weight is 261 g/mol. The first-order valence-corrected chi connectivity index (χ1v) is 6.81. The van der Waals surface area contributed by atoms with E-state index in [1.807, 2.05) is 0 Å². The van der Waals surface area contributed by atoms with Crippen LogP contribution in [-0.4, -0.2) is 18.0 Å². The van der Waals surface area contributed by atoms with Crippen LogP contribution in [0.15, 0.2) is 0 Å². The molecule has 17 heavy (non-hydrogen) atoms. The monoisotopic (exact) mass is 260 g/mol. The fraction of sp³-hybridized carbons (Fsp3) is 0.923.